The molecule has 1 atom stereocenters. The maximum absolute atomic E-state index is 10.0. The number of aliphatic hydroxyl groups is 1. The van der Waals surface area contributed by atoms with Crippen molar-refractivity contribution < 1.29 is 14.6 Å². The molecule has 0 aromatic rings. The topological polar surface area (TPSA) is 58.9 Å². The van der Waals surface area contributed by atoms with Crippen LogP contribution in [-0.2, 0) is 9.53 Å². The molecular weight excluding hydrogens is 98.0 g/mol. The zero-order valence-electron chi connectivity index (χ0n) is 3.37. The second kappa shape index (κ2) is 1.31. The first-order chi connectivity index (χ1) is 3.30. The van der Waals surface area contributed by atoms with Crippen LogP contribution in [0.3, 0.4) is 0 Å². The van der Waals surface area contributed by atoms with E-state index in [1.54, 1.807) is 0 Å². The van der Waals surface area contributed by atoms with Gasteiger partial charge in [-0.05, 0) is 0 Å². The molecule has 38 valence electrons. The molecule has 0 aromatic carbocycles. The van der Waals surface area contributed by atoms with Gasteiger partial charge in [-0.3, -0.25) is 4.79 Å². The average Bonchev–Trinajstić information content (AvgIpc) is 1.91. The minimum absolute atomic E-state index is 0.639. The summed E-state index contributed by atoms with van der Waals surface area (Å²) in [6.45, 7) is 0. The van der Waals surface area contributed by atoms with E-state index in [0.717, 1.165) is 6.40 Å². The van der Waals surface area contributed by atoms with Crippen LogP contribution in [0.4, 0.5) is 0 Å². The first-order valence-electron chi connectivity index (χ1n) is 1.70. The van der Waals surface area contributed by atoms with Gasteiger partial charge >= 0.3 is 5.91 Å². The molecule has 0 aromatic heterocycles. The van der Waals surface area contributed by atoms with E-state index in [1.165, 1.54) is 0 Å². The van der Waals surface area contributed by atoms with Crippen LogP contribution in [0, 0.1) is 0 Å². The standard InChI is InChI=1S/C3H3NO3/c5-2-3(6)7-1-4-2/h1,3,6H. The smallest absolute Gasteiger partial charge is 0.317 e. The summed E-state index contributed by atoms with van der Waals surface area (Å²) in [6, 6.07) is 0. The molecule has 0 saturated heterocycles. The maximum atomic E-state index is 10.0. The lowest BCUT2D eigenvalue weighted by Gasteiger charge is -1.92. The van der Waals surface area contributed by atoms with Crippen LogP contribution < -0.4 is 0 Å². The summed E-state index contributed by atoms with van der Waals surface area (Å²) < 4.78 is 4.18. The fourth-order valence-corrected chi connectivity index (χ4v) is 0.262. The van der Waals surface area contributed by atoms with Gasteiger partial charge in [0.1, 0.15) is 0 Å². The summed E-state index contributed by atoms with van der Waals surface area (Å²) in [4.78, 5) is 13.1. The van der Waals surface area contributed by atoms with E-state index in [9.17, 15) is 4.79 Å². The maximum Gasteiger partial charge on any atom is 0.317 e. The molecule has 0 fully saturated rings. The molecule has 4 heteroatoms. The van der Waals surface area contributed by atoms with Gasteiger partial charge in [-0.25, -0.2) is 0 Å². The van der Waals surface area contributed by atoms with Crippen molar-refractivity contribution in [1.82, 2.24) is 0 Å². The number of nitrogens with zero attached hydrogens (tertiary/aromatic N) is 1. The summed E-state index contributed by atoms with van der Waals surface area (Å²) in [6.07, 6.45) is -0.424. The molecule has 1 aliphatic heterocycles. The number of rotatable bonds is 0. The number of hydrogen-bond acceptors (Lipinski definition) is 3. The molecule has 1 heterocycles. The lowest BCUT2D eigenvalue weighted by molar-refractivity contribution is -0.136. The second-order valence-electron chi connectivity index (χ2n) is 1.06. The summed E-state index contributed by atoms with van der Waals surface area (Å²) in [5, 5.41) is 8.30. The first kappa shape index (κ1) is 4.26. The molecule has 0 radical (unpaired) electrons. The number of amides is 1. The van der Waals surface area contributed by atoms with Crippen molar-refractivity contribution in [2.45, 2.75) is 6.29 Å². The Morgan fingerprint density at radius 3 is 2.86 bits per heavy atom. The highest BCUT2D eigenvalue weighted by Crippen LogP contribution is 1.94. The van der Waals surface area contributed by atoms with Gasteiger partial charge in [0, 0.05) is 0 Å². The quantitative estimate of drug-likeness (QED) is 0.421. The zero-order valence-corrected chi connectivity index (χ0v) is 3.37. The van der Waals surface area contributed by atoms with Gasteiger partial charge in [-0.2, -0.15) is 4.99 Å². The molecule has 4 nitrogen and oxygen atoms in total. The Morgan fingerprint density at radius 1 is 2.00 bits per heavy atom. The van der Waals surface area contributed by atoms with Crippen LogP contribution in [0.15, 0.2) is 4.99 Å². The van der Waals surface area contributed by atoms with Gasteiger partial charge in [-0.15, -0.1) is 0 Å². The number of aliphatic imine (C=N–C) groups is 1. The van der Waals surface area contributed by atoms with Crippen LogP contribution in [0.1, 0.15) is 0 Å². The predicted octanol–water partition coefficient (Wildman–Crippen LogP) is -1.11. The normalized spacial score (nSPS) is 28.1. The largest absolute Gasteiger partial charge is 0.445 e. The highest BCUT2D eigenvalue weighted by Gasteiger charge is 2.18. The fraction of sp³-hybridized carbons (Fsp3) is 0.333. The lowest BCUT2D eigenvalue weighted by Crippen LogP contribution is -2.13. The van der Waals surface area contributed by atoms with Gasteiger partial charge < -0.3 is 9.84 Å². The Morgan fingerprint density at radius 2 is 2.71 bits per heavy atom. The zero-order chi connectivity index (χ0) is 5.28. The third-order valence-electron chi connectivity index (χ3n) is 0.581. The molecule has 1 unspecified atom stereocenters. The van der Waals surface area contributed by atoms with Crippen LogP contribution in [0.2, 0.25) is 0 Å². The SMILES string of the molecule is O=C1N=COC1O. The van der Waals surface area contributed by atoms with Crippen LogP contribution in [0.25, 0.3) is 0 Å². The molecule has 1 aliphatic rings. The van der Waals surface area contributed by atoms with Crippen molar-refractivity contribution in [1.29, 1.82) is 0 Å². The van der Waals surface area contributed by atoms with Crippen LogP contribution in [-0.4, -0.2) is 23.7 Å². The molecular formula is C3H3NO3. The van der Waals surface area contributed by atoms with Gasteiger partial charge in [0.25, 0.3) is 6.29 Å². The van der Waals surface area contributed by atoms with Crippen molar-refractivity contribution in [2.75, 3.05) is 0 Å². The van der Waals surface area contributed by atoms with Crippen molar-refractivity contribution in [3.63, 3.8) is 0 Å². The Kier molecular flexibility index (Phi) is 0.796. The fourth-order valence-electron chi connectivity index (χ4n) is 0.262. The Bertz CT molecular complexity index is 119. The monoisotopic (exact) mass is 101 g/mol. The van der Waals surface area contributed by atoms with Gasteiger partial charge in [0.05, 0.1) is 0 Å². The molecule has 0 spiro atoms. The predicted molar refractivity (Wildman–Crippen MR) is 20.6 cm³/mol. The number of carbonyl (C=O) groups excluding carboxylic acids is 1. The van der Waals surface area contributed by atoms with E-state index >= 15 is 0 Å². The second-order valence-corrected chi connectivity index (χ2v) is 1.06. The van der Waals surface area contributed by atoms with Gasteiger partial charge in [0.2, 0.25) is 0 Å². The molecule has 7 heavy (non-hydrogen) atoms. The van der Waals surface area contributed by atoms with E-state index in [2.05, 4.69) is 9.73 Å². The number of carbonyl (C=O) groups is 1. The minimum Gasteiger partial charge on any atom is -0.445 e. The molecule has 1 amide bonds. The number of ether oxygens (including phenoxy) is 1. The van der Waals surface area contributed by atoms with E-state index in [1.807, 2.05) is 0 Å². The molecule has 0 aliphatic carbocycles. The Labute approximate surface area is 39.4 Å². The molecule has 1 N–H and O–H groups in total. The highest BCUT2D eigenvalue weighted by molar-refractivity contribution is 5.90. The number of hydrogen-bond donors (Lipinski definition) is 1. The number of aliphatic hydroxyl groups excluding tert-OH is 1. The van der Waals surface area contributed by atoms with Crippen molar-refractivity contribution in [2.24, 2.45) is 4.99 Å². The molecule has 1 rings (SSSR count). The molecule has 0 saturated carbocycles. The Balaban J connectivity index is 2.62. The van der Waals surface area contributed by atoms with Gasteiger partial charge in [-0.1, -0.05) is 0 Å². The van der Waals surface area contributed by atoms with E-state index in [4.69, 9.17) is 5.11 Å². The third kappa shape index (κ3) is 0.592. The Hall–Kier alpha value is -0.900. The molecule has 0 bridgehead atoms. The lowest BCUT2D eigenvalue weighted by atomic mass is 10.6. The van der Waals surface area contributed by atoms with Gasteiger partial charge in [0.15, 0.2) is 6.40 Å². The summed E-state index contributed by atoms with van der Waals surface area (Å²) in [5.41, 5.74) is 0. The first-order valence-corrected chi connectivity index (χ1v) is 1.70. The summed E-state index contributed by atoms with van der Waals surface area (Å²) >= 11 is 0. The van der Waals surface area contributed by atoms with E-state index < -0.39 is 12.2 Å². The van der Waals surface area contributed by atoms with Crippen molar-refractivity contribution in [3.8, 4) is 0 Å². The van der Waals surface area contributed by atoms with E-state index in [-0.39, 0.29) is 0 Å². The van der Waals surface area contributed by atoms with Crippen LogP contribution >= 0.6 is 0 Å². The minimum atomic E-state index is -1.35. The highest BCUT2D eigenvalue weighted by atomic mass is 16.6. The van der Waals surface area contributed by atoms with Crippen molar-refractivity contribution in [3.05, 3.63) is 0 Å². The van der Waals surface area contributed by atoms with Crippen molar-refractivity contribution >= 4 is 12.3 Å². The summed E-state index contributed by atoms with van der Waals surface area (Å²) in [7, 11) is 0. The third-order valence-corrected chi connectivity index (χ3v) is 0.581. The average molecular weight is 101 g/mol. The van der Waals surface area contributed by atoms with E-state index in [0.29, 0.717) is 0 Å². The van der Waals surface area contributed by atoms with Crippen LogP contribution in [0.5, 0.6) is 0 Å². The summed E-state index contributed by atoms with van der Waals surface area (Å²) in [5.74, 6) is -0.639.